The van der Waals surface area contributed by atoms with Crippen molar-refractivity contribution in [2.75, 3.05) is 13.2 Å². The molecule has 0 atom stereocenters. The Hall–Kier alpha value is -3.49. The highest BCUT2D eigenvalue weighted by Crippen LogP contribution is 2.06. The molecule has 0 aliphatic heterocycles. The van der Waals surface area contributed by atoms with E-state index >= 15 is 0 Å². The van der Waals surface area contributed by atoms with Gasteiger partial charge in [0.1, 0.15) is 6.54 Å². The smallest absolute Gasteiger partial charge is 0.350 e. The zero-order valence-corrected chi connectivity index (χ0v) is 15.5. The number of esters is 1. The van der Waals surface area contributed by atoms with Crippen LogP contribution in [-0.2, 0) is 27.4 Å². The third-order valence-electron chi connectivity index (χ3n) is 4.11. The number of nitrogens with zero attached hydrogens (tertiary/aromatic N) is 5. The van der Waals surface area contributed by atoms with Gasteiger partial charge in [0.15, 0.2) is 5.65 Å². The van der Waals surface area contributed by atoms with Gasteiger partial charge >= 0.3 is 11.7 Å². The van der Waals surface area contributed by atoms with Crippen molar-refractivity contribution in [3.8, 4) is 0 Å². The molecule has 3 aromatic rings. The fourth-order valence-corrected chi connectivity index (χ4v) is 2.76. The van der Waals surface area contributed by atoms with Gasteiger partial charge in [-0.1, -0.05) is 12.1 Å². The summed E-state index contributed by atoms with van der Waals surface area (Å²) < 4.78 is 7.44. The van der Waals surface area contributed by atoms with Gasteiger partial charge in [0.25, 0.3) is 0 Å². The van der Waals surface area contributed by atoms with Crippen LogP contribution in [0.5, 0.6) is 0 Å². The SMILES string of the molecule is CCOC(=O)CCN(Cc1cccnc1)C(=O)Cn1nc2ccccn2c1=O. The highest BCUT2D eigenvalue weighted by Gasteiger charge is 2.19. The first-order valence-corrected chi connectivity index (χ1v) is 8.95. The molecule has 0 N–H and O–H groups in total. The monoisotopic (exact) mass is 383 g/mol. The van der Waals surface area contributed by atoms with Crippen LogP contribution in [0.4, 0.5) is 0 Å². The molecule has 1 amide bonds. The first-order chi connectivity index (χ1) is 13.6. The van der Waals surface area contributed by atoms with E-state index in [0.29, 0.717) is 5.65 Å². The lowest BCUT2D eigenvalue weighted by Crippen LogP contribution is -2.37. The lowest BCUT2D eigenvalue weighted by atomic mass is 10.2. The fraction of sp³-hybridized carbons (Fsp3) is 0.316. The van der Waals surface area contributed by atoms with Crippen molar-refractivity contribution in [3.63, 3.8) is 0 Å². The standard InChI is InChI=1S/C19H21N5O4/c1-2-28-18(26)8-11-22(13-15-6-5-9-20-12-15)17(25)14-24-19(27)23-10-4-3-7-16(23)21-24/h3-7,9-10,12H,2,8,11,13-14H2,1H3. The van der Waals surface area contributed by atoms with E-state index < -0.39 is 5.69 Å². The second-order valence-corrected chi connectivity index (χ2v) is 6.10. The third-order valence-corrected chi connectivity index (χ3v) is 4.11. The number of rotatable bonds is 8. The minimum Gasteiger partial charge on any atom is -0.466 e. The second kappa shape index (κ2) is 8.94. The van der Waals surface area contributed by atoms with E-state index in [-0.39, 0.29) is 44.5 Å². The third kappa shape index (κ3) is 4.61. The molecule has 28 heavy (non-hydrogen) atoms. The van der Waals surface area contributed by atoms with Crippen LogP contribution >= 0.6 is 0 Å². The van der Waals surface area contributed by atoms with E-state index in [1.807, 2.05) is 6.07 Å². The van der Waals surface area contributed by atoms with E-state index in [1.165, 1.54) is 9.30 Å². The number of fused-ring (bicyclic) bond motifs is 1. The molecule has 0 spiro atoms. The van der Waals surface area contributed by atoms with Crippen molar-refractivity contribution in [2.45, 2.75) is 26.4 Å². The molecule has 0 aromatic carbocycles. The lowest BCUT2D eigenvalue weighted by molar-refractivity contribution is -0.144. The van der Waals surface area contributed by atoms with Gasteiger partial charge in [-0.05, 0) is 30.7 Å². The average Bonchev–Trinajstić information content (AvgIpc) is 3.02. The van der Waals surface area contributed by atoms with Crippen LogP contribution in [0.2, 0.25) is 0 Å². The van der Waals surface area contributed by atoms with Crippen LogP contribution in [0.3, 0.4) is 0 Å². The summed E-state index contributed by atoms with van der Waals surface area (Å²) in [6, 6.07) is 8.79. The van der Waals surface area contributed by atoms with E-state index in [9.17, 15) is 14.4 Å². The molecule has 9 heteroatoms. The molecule has 0 radical (unpaired) electrons. The van der Waals surface area contributed by atoms with Gasteiger partial charge in [-0.3, -0.25) is 19.0 Å². The van der Waals surface area contributed by atoms with Gasteiger partial charge in [0.2, 0.25) is 5.91 Å². The normalized spacial score (nSPS) is 10.8. The molecule has 0 aliphatic carbocycles. The van der Waals surface area contributed by atoms with Crippen molar-refractivity contribution < 1.29 is 14.3 Å². The second-order valence-electron chi connectivity index (χ2n) is 6.10. The highest BCUT2D eigenvalue weighted by molar-refractivity contribution is 5.77. The van der Waals surface area contributed by atoms with Gasteiger partial charge in [-0.2, -0.15) is 0 Å². The molecule has 3 aromatic heterocycles. The molecule has 3 rings (SSSR count). The Morgan fingerprint density at radius 2 is 2.07 bits per heavy atom. The van der Waals surface area contributed by atoms with E-state index in [4.69, 9.17) is 4.74 Å². The number of hydrogen-bond donors (Lipinski definition) is 0. The summed E-state index contributed by atoms with van der Waals surface area (Å²) >= 11 is 0. The molecule has 0 unspecified atom stereocenters. The number of amides is 1. The van der Waals surface area contributed by atoms with Crippen LogP contribution in [0.25, 0.3) is 5.65 Å². The molecule has 0 saturated carbocycles. The zero-order chi connectivity index (χ0) is 19.9. The molecule has 0 saturated heterocycles. The lowest BCUT2D eigenvalue weighted by Gasteiger charge is -2.22. The summed E-state index contributed by atoms with van der Waals surface area (Å²) in [6.45, 7) is 2.24. The fourth-order valence-electron chi connectivity index (χ4n) is 2.76. The molecule has 0 bridgehead atoms. The Morgan fingerprint density at radius 1 is 1.21 bits per heavy atom. The van der Waals surface area contributed by atoms with Crippen molar-refractivity contribution >= 4 is 17.5 Å². The first-order valence-electron chi connectivity index (χ1n) is 8.95. The van der Waals surface area contributed by atoms with Crippen LogP contribution in [-0.4, -0.2) is 49.1 Å². The molecular formula is C19H21N5O4. The Morgan fingerprint density at radius 3 is 2.79 bits per heavy atom. The number of carbonyl (C=O) groups is 2. The van der Waals surface area contributed by atoms with Gasteiger partial charge < -0.3 is 9.64 Å². The Labute approximate surface area is 161 Å². The molecule has 146 valence electrons. The minimum absolute atomic E-state index is 0.0694. The number of ether oxygens (including phenoxy) is 1. The van der Waals surface area contributed by atoms with Crippen LogP contribution in [0.15, 0.2) is 53.7 Å². The Balaban J connectivity index is 1.77. The zero-order valence-electron chi connectivity index (χ0n) is 15.5. The molecule has 9 nitrogen and oxygen atoms in total. The van der Waals surface area contributed by atoms with Gasteiger partial charge in [-0.15, -0.1) is 5.10 Å². The van der Waals surface area contributed by atoms with Gasteiger partial charge in [-0.25, -0.2) is 9.48 Å². The average molecular weight is 383 g/mol. The van der Waals surface area contributed by atoms with Crippen molar-refractivity contribution in [1.82, 2.24) is 24.1 Å². The van der Waals surface area contributed by atoms with Crippen molar-refractivity contribution in [3.05, 3.63) is 65.0 Å². The summed E-state index contributed by atoms with van der Waals surface area (Å²) in [5, 5.41) is 4.18. The summed E-state index contributed by atoms with van der Waals surface area (Å²) in [6.07, 6.45) is 4.96. The molecule has 3 heterocycles. The number of carbonyl (C=O) groups excluding carboxylic acids is 2. The maximum atomic E-state index is 12.9. The molecule has 0 fully saturated rings. The number of aromatic nitrogens is 4. The van der Waals surface area contributed by atoms with Crippen molar-refractivity contribution in [1.29, 1.82) is 0 Å². The largest absolute Gasteiger partial charge is 0.466 e. The minimum atomic E-state index is -0.393. The topological polar surface area (TPSA) is 98.8 Å². The van der Waals surface area contributed by atoms with Crippen LogP contribution < -0.4 is 5.69 Å². The summed E-state index contributed by atoms with van der Waals surface area (Å²) in [4.78, 5) is 42.5. The molecule has 0 aliphatic rings. The maximum Gasteiger partial charge on any atom is 0.350 e. The molecular weight excluding hydrogens is 362 g/mol. The van der Waals surface area contributed by atoms with Crippen LogP contribution in [0, 0.1) is 0 Å². The number of pyridine rings is 2. The quantitative estimate of drug-likeness (QED) is 0.536. The maximum absolute atomic E-state index is 12.9. The number of hydrogen-bond acceptors (Lipinski definition) is 6. The van der Waals surface area contributed by atoms with Gasteiger partial charge in [0.05, 0.1) is 13.0 Å². The summed E-state index contributed by atoms with van der Waals surface area (Å²) in [5.41, 5.74) is 0.892. The Bertz CT molecular complexity index is 1010. The Kier molecular flexibility index (Phi) is 6.15. The highest BCUT2D eigenvalue weighted by atomic mass is 16.5. The predicted octanol–water partition coefficient (Wildman–Crippen LogP) is 0.873. The summed E-state index contributed by atoms with van der Waals surface area (Å²) in [7, 11) is 0. The van der Waals surface area contributed by atoms with E-state index in [2.05, 4.69) is 10.1 Å². The predicted molar refractivity (Wildman–Crippen MR) is 100 cm³/mol. The first kappa shape index (κ1) is 19.3. The van der Waals surface area contributed by atoms with E-state index in [0.717, 1.165) is 10.2 Å². The van der Waals surface area contributed by atoms with Crippen LogP contribution in [0.1, 0.15) is 18.9 Å². The summed E-state index contributed by atoms with van der Waals surface area (Å²) in [5.74, 6) is -0.699. The van der Waals surface area contributed by atoms with E-state index in [1.54, 1.807) is 49.8 Å². The van der Waals surface area contributed by atoms with Gasteiger partial charge in [0, 0.05) is 31.7 Å². The van der Waals surface area contributed by atoms with Crippen molar-refractivity contribution in [2.24, 2.45) is 0 Å².